The molecule has 1 rings (SSSR count). The van der Waals surface area contributed by atoms with Gasteiger partial charge in [-0.15, -0.1) is 5.10 Å². The lowest BCUT2D eigenvalue weighted by Crippen LogP contribution is -2.38. The number of aliphatic carboxylic acids is 1. The number of hydrogen-bond donors (Lipinski definition) is 1. The van der Waals surface area contributed by atoms with E-state index in [0.29, 0.717) is 6.54 Å². The van der Waals surface area contributed by atoms with Crippen LogP contribution < -0.4 is 0 Å². The Hall–Kier alpha value is -1.92. The SMILES string of the molecule is CCN(CC(C)C(=O)O)C(=O)Cn1ccnn1. The smallest absolute Gasteiger partial charge is 0.308 e. The van der Waals surface area contributed by atoms with Crippen molar-refractivity contribution in [1.29, 1.82) is 0 Å². The first kappa shape index (κ1) is 13.1. The maximum atomic E-state index is 11.8. The summed E-state index contributed by atoms with van der Waals surface area (Å²) in [5, 5.41) is 16.1. The quantitative estimate of drug-likeness (QED) is 0.746. The maximum absolute atomic E-state index is 11.8. The van der Waals surface area contributed by atoms with Gasteiger partial charge in [0.05, 0.1) is 12.1 Å². The van der Waals surface area contributed by atoms with Crippen LogP contribution in [-0.4, -0.2) is 50.0 Å². The minimum atomic E-state index is -0.906. The summed E-state index contributed by atoms with van der Waals surface area (Å²) in [6.45, 7) is 4.16. The standard InChI is InChI=1S/C10H16N4O3/c1-3-13(6-8(2)10(16)17)9(15)7-14-5-4-11-12-14/h4-5,8H,3,6-7H2,1-2H3,(H,16,17). The summed E-state index contributed by atoms with van der Waals surface area (Å²) in [4.78, 5) is 24.1. The summed E-state index contributed by atoms with van der Waals surface area (Å²) >= 11 is 0. The van der Waals surface area contributed by atoms with Gasteiger partial charge in [0.1, 0.15) is 6.54 Å². The number of aromatic nitrogens is 3. The summed E-state index contributed by atoms with van der Waals surface area (Å²) in [5.41, 5.74) is 0. The van der Waals surface area contributed by atoms with Gasteiger partial charge in [-0.3, -0.25) is 9.59 Å². The molecular weight excluding hydrogens is 224 g/mol. The number of likely N-dealkylation sites (N-methyl/N-ethyl adjacent to an activating group) is 1. The van der Waals surface area contributed by atoms with Crippen LogP contribution in [0.25, 0.3) is 0 Å². The Kier molecular flexibility index (Phi) is 4.62. The van der Waals surface area contributed by atoms with Gasteiger partial charge in [-0.1, -0.05) is 12.1 Å². The molecule has 0 fully saturated rings. The van der Waals surface area contributed by atoms with Crippen LogP contribution in [0.5, 0.6) is 0 Å². The van der Waals surface area contributed by atoms with Crippen LogP contribution in [0.3, 0.4) is 0 Å². The molecule has 1 unspecified atom stereocenters. The van der Waals surface area contributed by atoms with E-state index in [2.05, 4.69) is 10.3 Å². The van der Waals surface area contributed by atoms with E-state index in [9.17, 15) is 9.59 Å². The van der Waals surface area contributed by atoms with E-state index in [0.717, 1.165) is 0 Å². The first-order valence-corrected chi connectivity index (χ1v) is 5.39. The van der Waals surface area contributed by atoms with Gasteiger partial charge in [-0.25, -0.2) is 4.68 Å². The Labute approximate surface area is 99.0 Å². The lowest BCUT2D eigenvalue weighted by Gasteiger charge is -2.22. The molecule has 0 radical (unpaired) electrons. The molecule has 1 amide bonds. The highest BCUT2D eigenvalue weighted by atomic mass is 16.4. The second-order valence-corrected chi connectivity index (χ2v) is 3.77. The summed E-state index contributed by atoms with van der Waals surface area (Å²) in [7, 11) is 0. The highest BCUT2D eigenvalue weighted by Gasteiger charge is 2.19. The molecule has 1 aromatic rings. The molecule has 0 saturated carbocycles. The average molecular weight is 240 g/mol. The summed E-state index contributed by atoms with van der Waals surface area (Å²) < 4.78 is 1.41. The van der Waals surface area contributed by atoms with Crippen LogP contribution in [0.2, 0.25) is 0 Å². The first-order valence-electron chi connectivity index (χ1n) is 5.39. The van der Waals surface area contributed by atoms with Crippen LogP contribution in [0.4, 0.5) is 0 Å². The molecule has 17 heavy (non-hydrogen) atoms. The first-order chi connectivity index (χ1) is 8.04. The number of carboxylic acids is 1. The van der Waals surface area contributed by atoms with Crippen molar-refractivity contribution in [3.8, 4) is 0 Å². The molecule has 1 atom stereocenters. The van der Waals surface area contributed by atoms with Crippen molar-refractivity contribution < 1.29 is 14.7 Å². The van der Waals surface area contributed by atoms with E-state index in [1.807, 2.05) is 6.92 Å². The number of amides is 1. The minimum absolute atomic E-state index is 0.0835. The molecule has 0 aliphatic rings. The zero-order valence-electron chi connectivity index (χ0n) is 9.91. The molecule has 0 saturated heterocycles. The minimum Gasteiger partial charge on any atom is -0.481 e. The van der Waals surface area contributed by atoms with Gasteiger partial charge in [-0.05, 0) is 6.92 Å². The maximum Gasteiger partial charge on any atom is 0.308 e. The Morgan fingerprint density at radius 1 is 1.53 bits per heavy atom. The fourth-order valence-corrected chi connectivity index (χ4v) is 1.37. The van der Waals surface area contributed by atoms with Gasteiger partial charge in [0.2, 0.25) is 5.91 Å². The monoisotopic (exact) mass is 240 g/mol. The highest BCUT2D eigenvalue weighted by molar-refractivity contribution is 5.77. The number of nitrogens with zero attached hydrogens (tertiary/aromatic N) is 4. The Bertz CT molecular complexity index is 377. The number of carbonyl (C=O) groups is 2. The molecule has 1 N–H and O–H groups in total. The van der Waals surface area contributed by atoms with Crippen LogP contribution in [0.1, 0.15) is 13.8 Å². The normalized spacial score (nSPS) is 12.1. The van der Waals surface area contributed by atoms with Gasteiger partial charge >= 0.3 is 5.97 Å². The van der Waals surface area contributed by atoms with E-state index in [4.69, 9.17) is 5.11 Å². The zero-order valence-corrected chi connectivity index (χ0v) is 9.91. The molecule has 0 aliphatic carbocycles. The van der Waals surface area contributed by atoms with Crippen LogP contribution in [0, 0.1) is 5.92 Å². The molecule has 94 valence electrons. The van der Waals surface area contributed by atoms with Crippen molar-refractivity contribution in [2.45, 2.75) is 20.4 Å². The van der Waals surface area contributed by atoms with Crippen LogP contribution in [-0.2, 0) is 16.1 Å². The lowest BCUT2D eigenvalue weighted by atomic mass is 10.1. The number of hydrogen-bond acceptors (Lipinski definition) is 4. The van der Waals surface area contributed by atoms with Crippen LogP contribution >= 0.6 is 0 Å². The third-order valence-electron chi connectivity index (χ3n) is 2.42. The molecule has 1 aromatic heterocycles. The van der Waals surface area contributed by atoms with Gasteiger partial charge in [0.15, 0.2) is 0 Å². The van der Waals surface area contributed by atoms with E-state index in [1.54, 1.807) is 13.1 Å². The third-order valence-corrected chi connectivity index (χ3v) is 2.42. The van der Waals surface area contributed by atoms with E-state index in [-0.39, 0.29) is 19.0 Å². The van der Waals surface area contributed by atoms with E-state index >= 15 is 0 Å². The molecule has 7 nitrogen and oxygen atoms in total. The fourth-order valence-electron chi connectivity index (χ4n) is 1.37. The topological polar surface area (TPSA) is 88.3 Å². The van der Waals surface area contributed by atoms with Gasteiger partial charge in [0, 0.05) is 19.3 Å². The number of carbonyl (C=O) groups excluding carboxylic acids is 1. The molecular formula is C10H16N4O3. The van der Waals surface area contributed by atoms with Gasteiger partial charge in [0.25, 0.3) is 0 Å². The van der Waals surface area contributed by atoms with Crippen molar-refractivity contribution in [1.82, 2.24) is 19.9 Å². The second-order valence-electron chi connectivity index (χ2n) is 3.77. The number of rotatable bonds is 6. The van der Waals surface area contributed by atoms with Gasteiger partial charge < -0.3 is 10.0 Å². The Balaban J connectivity index is 2.55. The molecule has 0 spiro atoms. The lowest BCUT2D eigenvalue weighted by molar-refractivity contribution is -0.143. The third kappa shape index (κ3) is 3.86. The van der Waals surface area contributed by atoms with Crippen molar-refractivity contribution in [2.24, 2.45) is 5.92 Å². The van der Waals surface area contributed by atoms with Crippen molar-refractivity contribution in [3.05, 3.63) is 12.4 Å². The Morgan fingerprint density at radius 3 is 2.71 bits per heavy atom. The Morgan fingerprint density at radius 2 is 2.24 bits per heavy atom. The largest absolute Gasteiger partial charge is 0.481 e. The van der Waals surface area contributed by atoms with Crippen molar-refractivity contribution >= 4 is 11.9 Å². The summed E-state index contributed by atoms with van der Waals surface area (Å²) in [6.07, 6.45) is 3.08. The fraction of sp³-hybridized carbons (Fsp3) is 0.600. The molecule has 0 aliphatic heterocycles. The van der Waals surface area contributed by atoms with Gasteiger partial charge in [-0.2, -0.15) is 0 Å². The average Bonchev–Trinajstić information content (AvgIpc) is 2.77. The van der Waals surface area contributed by atoms with Crippen LogP contribution in [0.15, 0.2) is 12.4 Å². The summed E-state index contributed by atoms with van der Waals surface area (Å²) in [5.74, 6) is -1.64. The molecule has 0 bridgehead atoms. The second kappa shape index (κ2) is 5.97. The van der Waals surface area contributed by atoms with Crippen molar-refractivity contribution in [3.63, 3.8) is 0 Å². The predicted octanol–water partition coefficient (Wildman–Crippen LogP) is -0.153. The molecule has 7 heteroatoms. The van der Waals surface area contributed by atoms with E-state index < -0.39 is 11.9 Å². The summed E-state index contributed by atoms with van der Waals surface area (Å²) in [6, 6.07) is 0. The highest BCUT2D eigenvalue weighted by Crippen LogP contribution is 2.01. The van der Waals surface area contributed by atoms with E-state index in [1.165, 1.54) is 15.8 Å². The predicted molar refractivity (Wildman–Crippen MR) is 59.1 cm³/mol. The zero-order chi connectivity index (χ0) is 12.8. The molecule has 0 aromatic carbocycles. The molecule has 1 heterocycles. The number of carboxylic acid groups (broad SMARTS) is 1. The van der Waals surface area contributed by atoms with Crippen molar-refractivity contribution in [2.75, 3.05) is 13.1 Å².